The minimum atomic E-state index is -0.217. The zero-order valence-corrected chi connectivity index (χ0v) is 10.3. The fourth-order valence-electron chi connectivity index (χ4n) is 1.92. The van der Waals surface area contributed by atoms with Crippen LogP contribution >= 0.6 is 0 Å². The van der Waals surface area contributed by atoms with E-state index in [1.165, 1.54) is 6.07 Å². The van der Waals surface area contributed by atoms with Crippen molar-refractivity contribution in [2.24, 2.45) is 0 Å². The molecule has 2 N–H and O–H groups in total. The summed E-state index contributed by atoms with van der Waals surface area (Å²) in [5, 5.41) is 0. The number of anilines is 1. The molecule has 0 amide bonds. The van der Waals surface area contributed by atoms with Gasteiger partial charge >= 0.3 is 0 Å². The second-order valence-corrected chi connectivity index (χ2v) is 4.51. The van der Waals surface area contributed by atoms with Gasteiger partial charge < -0.3 is 5.73 Å². The zero-order valence-electron chi connectivity index (χ0n) is 10.3. The highest BCUT2D eigenvalue weighted by Crippen LogP contribution is 2.30. The van der Waals surface area contributed by atoms with E-state index < -0.39 is 0 Å². The summed E-state index contributed by atoms with van der Waals surface area (Å²) in [6.45, 7) is 5.79. The van der Waals surface area contributed by atoms with Crippen LogP contribution < -0.4 is 5.73 Å². The van der Waals surface area contributed by atoms with Crippen LogP contribution in [0.25, 0.3) is 11.1 Å². The molecule has 88 valence electrons. The molecule has 0 heterocycles. The number of halogens is 1. The van der Waals surface area contributed by atoms with Gasteiger partial charge in [0, 0.05) is 11.3 Å². The van der Waals surface area contributed by atoms with Gasteiger partial charge in [0.15, 0.2) is 0 Å². The van der Waals surface area contributed by atoms with Crippen LogP contribution in [-0.4, -0.2) is 0 Å². The van der Waals surface area contributed by atoms with Crippen molar-refractivity contribution in [2.75, 3.05) is 5.73 Å². The monoisotopic (exact) mass is 229 g/mol. The molecule has 0 aliphatic rings. The predicted octanol–water partition coefficient (Wildman–Crippen LogP) is 4.00. The maximum absolute atomic E-state index is 14.0. The normalized spacial score (nSPS) is 10.6. The van der Waals surface area contributed by atoms with E-state index in [0.29, 0.717) is 11.3 Å². The Bertz CT molecular complexity index is 573. The van der Waals surface area contributed by atoms with E-state index >= 15 is 0 Å². The van der Waals surface area contributed by atoms with Gasteiger partial charge in [-0.15, -0.1) is 0 Å². The molecule has 0 aliphatic heterocycles. The van der Waals surface area contributed by atoms with E-state index in [9.17, 15) is 4.39 Å². The molecule has 0 saturated carbocycles. The van der Waals surface area contributed by atoms with Crippen molar-refractivity contribution in [3.05, 3.63) is 52.8 Å². The van der Waals surface area contributed by atoms with Crippen LogP contribution in [0.5, 0.6) is 0 Å². The van der Waals surface area contributed by atoms with E-state index in [1.807, 2.05) is 39.0 Å². The standard InChI is InChI=1S/C15H16FN/c1-9-4-5-10(2)12(6-9)13-8-15(17)11(3)7-14(13)16/h4-8H,17H2,1-3H3. The minimum Gasteiger partial charge on any atom is -0.398 e. The molecule has 0 aromatic heterocycles. The molecule has 0 saturated heterocycles. The Balaban J connectivity index is 2.68. The van der Waals surface area contributed by atoms with Gasteiger partial charge in [0.1, 0.15) is 5.82 Å². The molecule has 2 heteroatoms. The molecule has 2 aromatic rings. The summed E-state index contributed by atoms with van der Waals surface area (Å²) in [5.74, 6) is -0.217. The number of nitrogens with two attached hydrogens (primary N) is 1. The number of benzene rings is 2. The van der Waals surface area contributed by atoms with Crippen LogP contribution in [0.4, 0.5) is 10.1 Å². The van der Waals surface area contributed by atoms with Crippen molar-refractivity contribution in [1.82, 2.24) is 0 Å². The van der Waals surface area contributed by atoms with Crippen LogP contribution in [0.15, 0.2) is 30.3 Å². The Labute approximate surface area is 101 Å². The molecule has 2 aromatic carbocycles. The highest BCUT2D eigenvalue weighted by atomic mass is 19.1. The fourth-order valence-corrected chi connectivity index (χ4v) is 1.92. The first-order chi connectivity index (χ1) is 7.99. The zero-order chi connectivity index (χ0) is 12.6. The van der Waals surface area contributed by atoms with Crippen molar-refractivity contribution < 1.29 is 4.39 Å². The lowest BCUT2D eigenvalue weighted by Gasteiger charge is -2.11. The second kappa shape index (κ2) is 4.21. The van der Waals surface area contributed by atoms with Gasteiger partial charge in [0.25, 0.3) is 0 Å². The SMILES string of the molecule is Cc1ccc(C)c(-c2cc(N)c(C)cc2F)c1. The molecule has 0 spiro atoms. The lowest BCUT2D eigenvalue weighted by molar-refractivity contribution is 0.630. The highest BCUT2D eigenvalue weighted by Gasteiger charge is 2.10. The number of rotatable bonds is 1. The molecular weight excluding hydrogens is 213 g/mol. The highest BCUT2D eigenvalue weighted by molar-refractivity contribution is 5.72. The third-order valence-corrected chi connectivity index (χ3v) is 3.04. The predicted molar refractivity (Wildman–Crippen MR) is 70.5 cm³/mol. The fraction of sp³-hybridized carbons (Fsp3) is 0.200. The number of hydrogen-bond acceptors (Lipinski definition) is 1. The first-order valence-electron chi connectivity index (χ1n) is 5.62. The largest absolute Gasteiger partial charge is 0.398 e. The maximum atomic E-state index is 14.0. The Morgan fingerprint density at radius 1 is 0.882 bits per heavy atom. The molecule has 0 unspecified atom stereocenters. The Morgan fingerprint density at radius 2 is 1.59 bits per heavy atom. The Morgan fingerprint density at radius 3 is 2.29 bits per heavy atom. The van der Waals surface area contributed by atoms with Crippen LogP contribution in [0, 0.1) is 26.6 Å². The molecule has 0 atom stereocenters. The summed E-state index contributed by atoms with van der Waals surface area (Å²) in [7, 11) is 0. The van der Waals surface area contributed by atoms with Gasteiger partial charge in [-0.3, -0.25) is 0 Å². The molecule has 2 rings (SSSR count). The second-order valence-electron chi connectivity index (χ2n) is 4.51. The minimum absolute atomic E-state index is 0.217. The van der Waals surface area contributed by atoms with Crippen molar-refractivity contribution in [3.63, 3.8) is 0 Å². The maximum Gasteiger partial charge on any atom is 0.131 e. The molecule has 0 fully saturated rings. The summed E-state index contributed by atoms with van der Waals surface area (Å²) in [6, 6.07) is 9.22. The van der Waals surface area contributed by atoms with Gasteiger partial charge in [-0.05, 0) is 49.6 Å². The first-order valence-corrected chi connectivity index (χ1v) is 5.62. The van der Waals surface area contributed by atoms with E-state index in [1.54, 1.807) is 6.07 Å². The van der Waals surface area contributed by atoms with E-state index in [0.717, 1.165) is 22.3 Å². The lowest BCUT2D eigenvalue weighted by atomic mass is 9.96. The molecule has 17 heavy (non-hydrogen) atoms. The lowest BCUT2D eigenvalue weighted by Crippen LogP contribution is -1.95. The molecule has 0 aliphatic carbocycles. The van der Waals surface area contributed by atoms with Crippen LogP contribution in [0.2, 0.25) is 0 Å². The summed E-state index contributed by atoms with van der Waals surface area (Å²) in [5.41, 5.74) is 10.9. The van der Waals surface area contributed by atoms with E-state index in [4.69, 9.17) is 5.73 Å². The third kappa shape index (κ3) is 2.16. The number of aryl methyl sites for hydroxylation is 3. The average Bonchev–Trinajstić information content (AvgIpc) is 2.27. The van der Waals surface area contributed by atoms with Crippen molar-refractivity contribution in [2.45, 2.75) is 20.8 Å². The Hall–Kier alpha value is -1.83. The Kier molecular flexibility index (Phi) is 2.88. The van der Waals surface area contributed by atoms with Gasteiger partial charge in [-0.25, -0.2) is 4.39 Å². The van der Waals surface area contributed by atoms with Crippen molar-refractivity contribution in [3.8, 4) is 11.1 Å². The summed E-state index contributed by atoms with van der Waals surface area (Å²) in [4.78, 5) is 0. The third-order valence-electron chi connectivity index (χ3n) is 3.04. The molecule has 0 bridgehead atoms. The smallest absolute Gasteiger partial charge is 0.131 e. The van der Waals surface area contributed by atoms with Gasteiger partial charge in [0.2, 0.25) is 0 Å². The van der Waals surface area contributed by atoms with Crippen molar-refractivity contribution >= 4 is 5.69 Å². The van der Waals surface area contributed by atoms with Crippen LogP contribution in [0.1, 0.15) is 16.7 Å². The van der Waals surface area contributed by atoms with E-state index in [-0.39, 0.29) is 5.82 Å². The molecule has 1 nitrogen and oxygen atoms in total. The van der Waals surface area contributed by atoms with E-state index in [2.05, 4.69) is 0 Å². The van der Waals surface area contributed by atoms with Crippen LogP contribution in [0.3, 0.4) is 0 Å². The first kappa shape index (κ1) is 11.6. The van der Waals surface area contributed by atoms with Crippen LogP contribution in [-0.2, 0) is 0 Å². The van der Waals surface area contributed by atoms with Crippen molar-refractivity contribution in [1.29, 1.82) is 0 Å². The average molecular weight is 229 g/mol. The van der Waals surface area contributed by atoms with Gasteiger partial charge in [0.05, 0.1) is 0 Å². The molecular formula is C15H16FN. The summed E-state index contributed by atoms with van der Waals surface area (Å²) < 4.78 is 14.0. The molecule has 0 radical (unpaired) electrons. The summed E-state index contributed by atoms with van der Waals surface area (Å²) in [6.07, 6.45) is 0. The number of hydrogen-bond donors (Lipinski definition) is 1. The quantitative estimate of drug-likeness (QED) is 0.735. The summed E-state index contributed by atoms with van der Waals surface area (Å²) >= 11 is 0. The topological polar surface area (TPSA) is 26.0 Å². The number of nitrogen functional groups attached to an aromatic ring is 1. The van der Waals surface area contributed by atoms with Gasteiger partial charge in [-0.2, -0.15) is 0 Å². The van der Waals surface area contributed by atoms with Gasteiger partial charge in [-0.1, -0.05) is 23.8 Å².